The molecule has 0 unspecified atom stereocenters. The highest BCUT2D eigenvalue weighted by Crippen LogP contribution is 2.21. The Kier molecular flexibility index (Phi) is 3.39. The van der Waals surface area contributed by atoms with Gasteiger partial charge in [0.05, 0.1) is 0 Å². The average Bonchev–Trinajstić information content (AvgIpc) is 3.04. The molecular formula is C21H14O3. The van der Waals surface area contributed by atoms with Crippen LogP contribution in [0.25, 0.3) is 11.0 Å². The van der Waals surface area contributed by atoms with E-state index in [0.29, 0.717) is 17.1 Å². The van der Waals surface area contributed by atoms with E-state index in [1.165, 1.54) is 5.22 Å². The highest BCUT2D eigenvalue weighted by Gasteiger charge is 2.13. The highest BCUT2D eigenvalue weighted by atomic mass is 16.3. The first-order chi connectivity index (χ1) is 11.7. The number of rotatable bonds is 2. The molecule has 2 aliphatic rings. The van der Waals surface area contributed by atoms with Crippen molar-refractivity contribution in [2.24, 2.45) is 0 Å². The molecule has 116 valence electrons. The molecule has 3 nitrogen and oxygen atoms in total. The van der Waals surface area contributed by atoms with Crippen LogP contribution in [0.2, 0.25) is 0 Å². The number of para-hydroxylation sites is 1. The minimum atomic E-state index is -0.0817. The van der Waals surface area contributed by atoms with Gasteiger partial charge in [-0.3, -0.25) is 4.79 Å². The first kappa shape index (κ1) is 14.3. The maximum absolute atomic E-state index is 12.1. The summed E-state index contributed by atoms with van der Waals surface area (Å²) in [6.45, 7) is 0. The van der Waals surface area contributed by atoms with Crippen LogP contribution in [0.15, 0.2) is 83.3 Å². The molecule has 5 rings (SSSR count). The number of phenols is 1. The molecule has 0 aliphatic heterocycles. The van der Waals surface area contributed by atoms with E-state index >= 15 is 0 Å². The molecule has 0 saturated heterocycles. The van der Waals surface area contributed by atoms with Gasteiger partial charge in [-0.25, -0.2) is 0 Å². The summed E-state index contributed by atoms with van der Waals surface area (Å²) in [5.74, 6) is 0.747. The van der Waals surface area contributed by atoms with Gasteiger partial charge in [-0.05, 0) is 23.4 Å². The van der Waals surface area contributed by atoms with Gasteiger partial charge in [-0.1, -0.05) is 60.7 Å². The number of carbonyl (C=O) groups is 1. The molecule has 24 heavy (non-hydrogen) atoms. The second kappa shape index (κ2) is 5.70. The van der Waals surface area contributed by atoms with Crippen molar-refractivity contribution in [3.05, 3.63) is 101 Å². The van der Waals surface area contributed by atoms with Crippen LogP contribution in [0.4, 0.5) is 0 Å². The predicted octanol–water partition coefficient (Wildman–Crippen LogP) is 4.66. The predicted molar refractivity (Wildman–Crippen MR) is 91.9 cm³/mol. The molecule has 0 saturated carbocycles. The van der Waals surface area contributed by atoms with E-state index < -0.39 is 0 Å². The van der Waals surface area contributed by atoms with E-state index in [0.717, 1.165) is 16.2 Å². The Balaban J connectivity index is 0.000000172. The lowest BCUT2D eigenvalue weighted by Crippen LogP contribution is -1.98. The van der Waals surface area contributed by atoms with Crippen LogP contribution in [0.1, 0.15) is 16.1 Å². The smallest absolute Gasteiger partial charge is 0.228 e. The van der Waals surface area contributed by atoms with Gasteiger partial charge in [-0.2, -0.15) is 0 Å². The lowest BCUT2D eigenvalue weighted by Gasteiger charge is -2.02. The zero-order chi connectivity index (χ0) is 16.5. The van der Waals surface area contributed by atoms with E-state index in [-0.39, 0.29) is 5.78 Å². The summed E-state index contributed by atoms with van der Waals surface area (Å²) in [5, 5.41) is 11.9. The largest absolute Gasteiger partial charge is 0.507 e. The van der Waals surface area contributed by atoms with Crippen LogP contribution in [0, 0.1) is 10.4 Å². The van der Waals surface area contributed by atoms with Crippen LogP contribution in [0.3, 0.4) is 0 Å². The van der Waals surface area contributed by atoms with Crippen molar-refractivity contribution in [2.45, 2.75) is 0 Å². The lowest BCUT2D eigenvalue weighted by atomic mass is 10.1. The maximum atomic E-state index is 12.1. The van der Waals surface area contributed by atoms with E-state index in [2.05, 4.69) is 0 Å². The van der Waals surface area contributed by atoms with Gasteiger partial charge in [0.15, 0.2) is 5.76 Å². The Morgan fingerprint density at radius 3 is 2.12 bits per heavy atom. The number of benzene rings is 3. The summed E-state index contributed by atoms with van der Waals surface area (Å²) in [5.41, 5.74) is 1.39. The van der Waals surface area contributed by atoms with Crippen molar-refractivity contribution < 1.29 is 14.3 Å². The third-order valence-electron chi connectivity index (χ3n) is 3.99. The van der Waals surface area contributed by atoms with E-state index in [1.54, 1.807) is 24.3 Å². The van der Waals surface area contributed by atoms with Gasteiger partial charge < -0.3 is 9.52 Å². The summed E-state index contributed by atoms with van der Waals surface area (Å²) < 4.78 is 5.53. The molecule has 2 aliphatic carbocycles. The maximum Gasteiger partial charge on any atom is 0.228 e. The quantitative estimate of drug-likeness (QED) is 0.482. The summed E-state index contributed by atoms with van der Waals surface area (Å²) in [6, 6.07) is 24.2. The van der Waals surface area contributed by atoms with Gasteiger partial charge in [0.2, 0.25) is 5.78 Å². The Labute approximate surface area is 138 Å². The van der Waals surface area contributed by atoms with Gasteiger partial charge >= 0.3 is 0 Å². The number of fused-ring (bicyclic) bond motifs is 1. The summed E-state index contributed by atoms with van der Waals surface area (Å²) in [4.78, 5) is 12.1. The third-order valence-corrected chi connectivity index (χ3v) is 3.99. The molecule has 0 amide bonds. The SMILES string of the molecule is O=C(c1ccccc1)c1cc2ccccc2o1.Oc1cc2ccc1=2. The van der Waals surface area contributed by atoms with Crippen LogP contribution >= 0.6 is 0 Å². The van der Waals surface area contributed by atoms with E-state index in [4.69, 9.17) is 9.52 Å². The minimum Gasteiger partial charge on any atom is -0.507 e. The Morgan fingerprint density at radius 1 is 0.833 bits per heavy atom. The molecule has 0 fully saturated rings. The summed E-state index contributed by atoms with van der Waals surface area (Å²) in [7, 11) is 0. The average molecular weight is 314 g/mol. The van der Waals surface area contributed by atoms with Gasteiger partial charge in [0, 0.05) is 16.2 Å². The van der Waals surface area contributed by atoms with Crippen LogP contribution < -0.4 is 0 Å². The van der Waals surface area contributed by atoms with Crippen molar-refractivity contribution in [3.63, 3.8) is 0 Å². The second-order valence-corrected chi connectivity index (χ2v) is 5.58. The van der Waals surface area contributed by atoms with Gasteiger partial charge in [0.25, 0.3) is 0 Å². The van der Waals surface area contributed by atoms with Crippen molar-refractivity contribution in [1.29, 1.82) is 0 Å². The first-order valence-corrected chi connectivity index (χ1v) is 7.64. The van der Waals surface area contributed by atoms with Gasteiger partial charge in [0.1, 0.15) is 11.3 Å². The van der Waals surface area contributed by atoms with Crippen molar-refractivity contribution in [3.8, 4) is 5.75 Å². The lowest BCUT2D eigenvalue weighted by molar-refractivity contribution is 0.101. The normalized spacial score (nSPS) is 10.8. The molecule has 1 N–H and O–H groups in total. The van der Waals surface area contributed by atoms with E-state index in [9.17, 15) is 4.79 Å². The molecular weight excluding hydrogens is 300 g/mol. The molecule has 1 aromatic heterocycles. The number of carbonyl (C=O) groups excluding carboxylic acids is 1. The summed E-state index contributed by atoms with van der Waals surface area (Å²) in [6.07, 6.45) is 0. The molecule has 0 atom stereocenters. The third kappa shape index (κ3) is 2.46. The molecule has 0 bridgehead atoms. The Bertz CT molecular complexity index is 1090. The molecule has 0 spiro atoms. The Morgan fingerprint density at radius 2 is 1.58 bits per heavy atom. The highest BCUT2D eigenvalue weighted by molar-refractivity contribution is 6.08. The van der Waals surface area contributed by atoms with Gasteiger partial charge in [-0.15, -0.1) is 0 Å². The van der Waals surface area contributed by atoms with Crippen molar-refractivity contribution in [2.75, 3.05) is 0 Å². The number of aromatic hydroxyl groups is 1. The fourth-order valence-corrected chi connectivity index (χ4v) is 2.59. The second-order valence-electron chi connectivity index (χ2n) is 5.58. The molecule has 3 aromatic rings. The molecule has 2 aromatic carbocycles. The standard InChI is InChI=1S/C15H10O2.C6H4O/c16-15(11-6-2-1-3-7-11)14-10-12-8-4-5-9-13(12)17-14;7-6-3-4-1-2-5(4)6/h1-10H;1-3,7H. The fraction of sp³-hybridized carbons (Fsp3) is 0. The number of hydrogen-bond acceptors (Lipinski definition) is 3. The molecule has 3 heteroatoms. The van der Waals surface area contributed by atoms with E-state index in [1.807, 2.05) is 54.6 Å². The van der Waals surface area contributed by atoms with Crippen LogP contribution in [-0.4, -0.2) is 10.9 Å². The molecule has 1 heterocycles. The Hall–Kier alpha value is -3.33. The monoisotopic (exact) mass is 314 g/mol. The number of furan rings is 1. The fourth-order valence-electron chi connectivity index (χ4n) is 2.59. The number of phenolic OH excluding ortho intramolecular Hbond substituents is 1. The zero-order valence-electron chi connectivity index (χ0n) is 12.8. The summed E-state index contributed by atoms with van der Waals surface area (Å²) >= 11 is 0. The molecule has 0 radical (unpaired) electrons. The number of ketones is 1. The van der Waals surface area contributed by atoms with Crippen molar-refractivity contribution in [1.82, 2.24) is 0 Å². The van der Waals surface area contributed by atoms with Crippen LogP contribution in [-0.2, 0) is 0 Å². The van der Waals surface area contributed by atoms with Crippen LogP contribution in [0.5, 0.6) is 5.75 Å². The topological polar surface area (TPSA) is 50.4 Å². The zero-order valence-corrected chi connectivity index (χ0v) is 12.8. The van der Waals surface area contributed by atoms with Crippen molar-refractivity contribution >= 4 is 16.8 Å². The minimum absolute atomic E-state index is 0.0817. The number of hydrogen-bond donors (Lipinski definition) is 1. The first-order valence-electron chi connectivity index (χ1n) is 7.64.